The SMILES string of the molecule is NC1=CCC(N)(c2ccccc2)C=C1.O=[N+]([O-])C1([N+](=O)[O-])C=CC=CC1. The number of hydrogen-bond donors (Lipinski definition) is 2. The lowest BCUT2D eigenvalue weighted by Crippen LogP contribution is -2.44. The van der Waals surface area contributed by atoms with Crippen LogP contribution in [-0.2, 0) is 5.54 Å². The standard InChI is InChI=1S/C12H14N2.C6H6N2O4/c13-11-6-8-12(14,9-7-11)10-4-2-1-3-5-10;9-7(10)6(8(11)12)4-2-1-3-5-6/h1-8H,9,13-14H2;1-4H,5H2. The number of rotatable bonds is 3. The van der Waals surface area contributed by atoms with E-state index in [1.54, 1.807) is 6.08 Å². The molecule has 0 spiro atoms. The first-order valence-electron chi connectivity index (χ1n) is 7.93. The van der Waals surface area contributed by atoms with E-state index in [0.29, 0.717) is 0 Å². The van der Waals surface area contributed by atoms with Gasteiger partial charge in [-0.15, -0.1) is 0 Å². The van der Waals surface area contributed by atoms with Gasteiger partial charge in [-0.05, 0) is 18.1 Å². The molecule has 4 N–H and O–H groups in total. The highest BCUT2D eigenvalue weighted by Gasteiger charge is 2.52. The molecule has 8 heteroatoms. The van der Waals surface area contributed by atoms with Crippen LogP contribution in [0.15, 0.2) is 78.6 Å². The Kier molecular flexibility index (Phi) is 5.68. The van der Waals surface area contributed by atoms with E-state index in [1.165, 1.54) is 12.2 Å². The fraction of sp³-hybridized carbons (Fsp3) is 0.222. The molecule has 136 valence electrons. The summed E-state index contributed by atoms with van der Waals surface area (Å²) in [6, 6.07) is 10.1. The van der Waals surface area contributed by atoms with E-state index in [4.69, 9.17) is 11.5 Å². The van der Waals surface area contributed by atoms with Crippen molar-refractivity contribution in [1.29, 1.82) is 0 Å². The zero-order valence-electron chi connectivity index (χ0n) is 14.0. The number of hydrogen-bond acceptors (Lipinski definition) is 6. The van der Waals surface area contributed by atoms with Crippen molar-refractivity contribution >= 4 is 0 Å². The van der Waals surface area contributed by atoms with Gasteiger partial charge in [-0.2, -0.15) is 0 Å². The van der Waals surface area contributed by atoms with Crippen LogP contribution in [-0.4, -0.2) is 15.5 Å². The Bertz CT molecular complexity index is 785. The topological polar surface area (TPSA) is 138 Å². The molecule has 2 aliphatic rings. The highest BCUT2D eigenvalue weighted by Crippen LogP contribution is 2.27. The first kappa shape index (κ1) is 19.1. The molecule has 3 rings (SSSR count). The maximum atomic E-state index is 10.4. The second-order valence-corrected chi connectivity index (χ2v) is 6.03. The van der Waals surface area contributed by atoms with Crippen molar-refractivity contribution in [1.82, 2.24) is 0 Å². The molecule has 2 aliphatic carbocycles. The molecule has 0 heterocycles. The minimum absolute atomic E-state index is 0.191. The summed E-state index contributed by atoms with van der Waals surface area (Å²) in [5.41, 5.74) is 11.3. The number of nitro groups is 2. The van der Waals surface area contributed by atoms with Crippen molar-refractivity contribution in [2.75, 3.05) is 0 Å². The van der Waals surface area contributed by atoms with Gasteiger partial charge in [0.05, 0.1) is 11.6 Å². The molecule has 0 aliphatic heterocycles. The number of benzene rings is 1. The fourth-order valence-corrected chi connectivity index (χ4v) is 2.57. The van der Waals surface area contributed by atoms with Crippen molar-refractivity contribution < 1.29 is 9.85 Å². The summed E-state index contributed by atoms with van der Waals surface area (Å²) in [5, 5.41) is 20.8. The van der Waals surface area contributed by atoms with Crippen LogP contribution in [0.1, 0.15) is 18.4 Å². The summed E-state index contributed by atoms with van der Waals surface area (Å²) in [5.74, 6) is 0. The molecule has 8 nitrogen and oxygen atoms in total. The molecule has 1 unspecified atom stereocenters. The van der Waals surface area contributed by atoms with Crippen LogP contribution in [0.3, 0.4) is 0 Å². The normalized spacial score (nSPS) is 22.7. The molecule has 1 aromatic carbocycles. The van der Waals surface area contributed by atoms with Gasteiger partial charge < -0.3 is 11.5 Å². The van der Waals surface area contributed by atoms with Gasteiger partial charge in [0.1, 0.15) is 16.3 Å². The van der Waals surface area contributed by atoms with E-state index in [0.717, 1.165) is 23.8 Å². The van der Waals surface area contributed by atoms with Crippen LogP contribution in [0.2, 0.25) is 0 Å². The van der Waals surface area contributed by atoms with E-state index >= 15 is 0 Å². The third-order valence-corrected chi connectivity index (χ3v) is 4.22. The maximum Gasteiger partial charge on any atom is 0.481 e. The summed E-state index contributed by atoms with van der Waals surface area (Å²) in [4.78, 5) is 19.0. The van der Waals surface area contributed by atoms with Crippen LogP contribution >= 0.6 is 0 Å². The predicted octanol–water partition coefficient (Wildman–Crippen LogP) is 2.40. The average molecular weight is 356 g/mol. The fourth-order valence-electron chi connectivity index (χ4n) is 2.57. The summed E-state index contributed by atoms with van der Waals surface area (Å²) < 4.78 is 0. The number of nitrogens with zero attached hydrogens (tertiary/aromatic N) is 2. The molecule has 0 bridgehead atoms. The minimum atomic E-state index is -2.14. The monoisotopic (exact) mass is 356 g/mol. The second-order valence-electron chi connectivity index (χ2n) is 6.03. The molecule has 1 aromatic rings. The lowest BCUT2D eigenvalue weighted by molar-refractivity contribution is -0.780. The van der Waals surface area contributed by atoms with Gasteiger partial charge in [0.25, 0.3) is 0 Å². The first-order chi connectivity index (χ1) is 12.3. The van der Waals surface area contributed by atoms with Gasteiger partial charge in [0.2, 0.25) is 0 Å². The van der Waals surface area contributed by atoms with E-state index in [-0.39, 0.29) is 12.0 Å². The Morgan fingerprint density at radius 2 is 1.62 bits per heavy atom. The largest absolute Gasteiger partial charge is 0.481 e. The van der Waals surface area contributed by atoms with E-state index in [1.807, 2.05) is 48.6 Å². The smallest absolute Gasteiger partial charge is 0.399 e. The van der Waals surface area contributed by atoms with Gasteiger partial charge in [-0.1, -0.05) is 60.7 Å². The van der Waals surface area contributed by atoms with E-state index < -0.39 is 15.5 Å². The van der Waals surface area contributed by atoms with Crippen LogP contribution in [0.4, 0.5) is 0 Å². The molecule has 0 aromatic heterocycles. The Hall–Kier alpha value is -3.26. The average Bonchev–Trinajstić information content (AvgIpc) is 2.66. The molecule has 0 saturated heterocycles. The zero-order chi connectivity index (χ0) is 19.2. The van der Waals surface area contributed by atoms with Gasteiger partial charge in [-0.25, -0.2) is 0 Å². The quantitative estimate of drug-likeness (QED) is 0.484. The van der Waals surface area contributed by atoms with E-state index in [9.17, 15) is 20.2 Å². The van der Waals surface area contributed by atoms with Crippen molar-refractivity contribution in [2.24, 2.45) is 11.5 Å². The third-order valence-electron chi connectivity index (χ3n) is 4.22. The molecule has 0 radical (unpaired) electrons. The lowest BCUT2D eigenvalue weighted by Gasteiger charge is -2.27. The second kappa shape index (κ2) is 7.75. The Labute approximate surface area is 150 Å². The van der Waals surface area contributed by atoms with Crippen LogP contribution < -0.4 is 11.5 Å². The number of nitrogens with two attached hydrogens (primary N) is 2. The Morgan fingerprint density at radius 1 is 0.962 bits per heavy atom. The molecule has 0 saturated carbocycles. The van der Waals surface area contributed by atoms with Crippen LogP contribution in [0.25, 0.3) is 0 Å². The summed E-state index contributed by atoms with van der Waals surface area (Å²) in [6.07, 6.45) is 11.6. The third kappa shape index (κ3) is 4.04. The van der Waals surface area contributed by atoms with Gasteiger partial charge in [0.15, 0.2) is 0 Å². The Morgan fingerprint density at radius 3 is 2.04 bits per heavy atom. The maximum absolute atomic E-state index is 10.4. The Balaban J connectivity index is 0.000000190. The van der Waals surface area contributed by atoms with Crippen molar-refractivity contribution in [3.05, 3.63) is 104 Å². The number of allylic oxidation sites excluding steroid dienone is 3. The molecule has 0 amide bonds. The van der Waals surface area contributed by atoms with Gasteiger partial charge >= 0.3 is 5.66 Å². The van der Waals surface area contributed by atoms with Crippen molar-refractivity contribution in [3.8, 4) is 0 Å². The molecule has 26 heavy (non-hydrogen) atoms. The first-order valence-corrected chi connectivity index (χ1v) is 7.93. The molecule has 0 fully saturated rings. The highest BCUT2D eigenvalue weighted by atomic mass is 16.7. The molecular weight excluding hydrogens is 336 g/mol. The van der Waals surface area contributed by atoms with Crippen LogP contribution in [0, 0.1) is 20.2 Å². The minimum Gasteiger partial charge on any atom is -0.399 e. The van der Waals surface area contributed by atoms with Gasteiger partial charge in [-0.3, -0.25) is 20.2 Å². The predicted molar refractivity (Wildman–Crippen MR) is 98.0 cm³/mol. The lowest BCUT2D eigenvalue weighted by atomic mass is 9.84. The summed E-state index contributed by atoms with van der Waals surface area (Å²) >= 11 is 0. The highest BCUT2D eigenvalue weighted by molar-refractivity contribution is 5.36. The van der Waals surface area contributed by atoms with Crippen LogP contribution in [0.5, 0.6) is 0 Å². The zero-order valence-corrected chi connectivity index (χ0v) is 14.0. The summed E-state index contributed by atoms with van der Waals surface area (Å²) in [7, 11) is 0. The van der Waals surface area contributed by atoms with Crippen molar-refractivity contribution in [3.63, 3.8) is 0 Å². The summed E-state index contributed by atoms with van der Waals surface area (Å²) in [6.45, 7) is 0. The van der Waals surface area contributed by atoms with E-state index in [2.05, 4.69) is 0 Å². The van der Waals surface area contributed by atoms with Gasteiger partial charge in [0, 0.05) is 5.70 Å². The molecular formula is C18H20N4O4. The molecule has 1 atom stereocenters. The van der Waals surface area contributed by atoms with Crippen molar-refractivity contribution in [2.45, 2.75) is 24.0 Å².